The first kappa shape index (κ1) is 15.9. The van der Waals surface area contributed by atoms with E-state index < -0.39 is 11.7 Å². The highest BCUT2D eigenvalue weighted by molar-refractivity contribution is 9.10. The van der Waals surface area contributed by atoms with E-state index in [-0.39, 0.29) is 0 Å². The monoisotopic (exact) mass is 302 g/mol. The van der Waals surface area contributed by atoms with Crippen LogP contribution in [0.4, 0.5) is 4.79 Å². The van der Waals surface area contributed by atoms with E-state index in [2.05, 4.69) is 32.6 Å². The van der Waals surface area contributed by atoms with Crippen molar-refractivity contribution in [1.29, 1.82) is 0 Å². The Labute approximate surface area is 111 Å². The Balaban J connectivity index is 0.000000304. The van der Waals surface area contributed by atoms with Crippen LogP contribution in [-0.2, 0) is 11.2 Å². The molecule has 0 aliphatic carbocycles. The largest absolute Gasteiger partial charge is 0.444 e. The molecule has 2 N–H and O–H groups in total. The molecule has 0 aliphatic rings. The molecule has 0 aliphatic heterocycles. The second-order valence-corrected chi connectivity index (χ2v) is 5.27. The van der Waals surface area contributed by atoms with Gasteiger partial charge in [-0.15, -0.1) is 0 Å². The van der Waals surface area contributed by atoms with Crippen molar-refractivity contribution >= 4 is 22.0 Å². The van der Waals surface area contributed by atoms with Gasteiger partial charge in [0.15, 0.2) is 0 Å². The van der Waals surface area contributed by atoms with Crippen LogP contribution in [0.1, 0.15) is 33.4 Å². The molecule has 4 nitrogen and oxygen atoms in total. The molecule has 0 bridgehead atoms. The van der Waals surface area contributed by atoms with Crippen molar-refractivity contribution in [3.63, 3.8) is 0 Å². The molecule has 1 amide bonds. The summed E-state index contributed by atoms with van der Waals surface area (Å²) >= 11 is 3.31. The zero-order valence-electron chi connectivity index (χ0n) is 10.7. The summed E-state index contributed by atoms with van der Waals surface area (Å²) in [6.07, 6.45) is 2.10. The van der Waals surface area contributed by atoms with Crippen LogP contribution in [0, 0.1) is 0 Å². The van der Waals surface area contributed by atoms with E-state index in [9.17, 15) is 4.79 Å². The maximum absolute atomic E-state index is 10.0. The fraction of sp³-hybridized carbons (Fsp3) is 0.500. The first-order valence-corrected chi connectivity index (χ1v) is 6.12. The molecule has 0 radical (unpaired) electrons. The number of nitrogens with zero attached hydrogens (tertiary/aromatic N) is 1. The van der Waals surface area contributed by atoms with Crippen LogP contribution in [0.25, 0.3) is 0 Å². The van der Waals surface area contributed by atoms with Crippen LogP contribution < -0.4 is 5.73 Å². The summed E-state index contributed by atoms with van der Waals surface area (Å²) in [6, 6.07) is 4.02. The number of rotatable bonds is 1. The number of hydrogen-bond donors (Lipinski definition) is 1. The number of nitrogens with two attached hydrogens (primary N) is 1. The molecule has 0 saturated heterocycles. The fourth-order valence-electron chi connectivity index (χ4n) is 0.917. The molecule has 1 aromatic heterocycles. The van der Waals surface area contributed by atoms with Crippen LogP contribution in [0.5, 0.6) is 0 Å². The molecule has 0 fully saturated rings. The molecular weight excluding hydrogens is 284 g/mol. The number of halogens is 1. The first-order chi connectivity index (χ1) is 7.74. The normalized spacial score (nSPS) is 10.2. The van der Waals surface area contributed by atoms with E-state index in [0.717, 1.165) is 16.6 Å². The van der Waals surface area contributed by atoms with Crippen LogP contribution >= 0.6 is 15.9 Å². The number of primary amides is 1. The predicted molar refractivity (Wildman–Crippen MR) is 71.7 cm³/mol. The number of aryl methyl sites for hydroxylation is 1. The van der Waals surface area contributed by atoms with Crippen molar-refractivity contribution in [2.24, 2.45) is 5.73 Å². The van der Waals surface area contributed by atoms with Gasteiger partial charge in [0.25, 0.3) is 0 Å². The molecular formula is C12H19BrN2O2. The van der Waals surface area contributed by atoms with E-state index in [4.69, 9.17) is 5.73 Å². The Kier molecular flexibility index (Phi) is 6.80. The highest BCUT2D eigenvalue weighted by Gasteiger charge is 2.12. The Bertz CT molecular complexity index is 345. The van der Waals surface area contributed by atoms with Gasteiger partial charge in [0.2, 0.25) is 0 Å². The van der Waals surface area contributed by atoms with E-state index in [1.807, 2.05) is 18.3 Å². The predicted octanol–water partition coefficient (Wildman–Crippen LogP) is 3.29. The van der Waals surface area contributed by atoms with E-state index in [0.29, 0.717) is 0 Å². The summed E-state index contributed by atoms with van der Waals surface area (Å²) in [4.78, 5) is 14.2. The summed E-state index contributed by atoms with van der Waals surface area (Å²) in [5.41, 5.74) is 5.40. The number of aromatic nitrogens is 1. The van der Waals surface area contributed by atoms with Gasteiger partial charge >= 0.3 is 6.09 Å². The van der Waals surface area contributed by atoms with Crippen LogP contribution in [-0.4, -0.2) is 16.7 Å². The molecule has 5 heteroatoms. The highest BCUT2D eigenvalue weighted by Crippen LogP contribution is 2.07. The first-order valence-electron chi connectivity index (χ1n) is 5.33. The maximum Gasteiger partial charge on any atom is 0.405 e. The number of amides is 1. The lowest BCUT2D eigenvalue weighted by molar-refractivity contribution is 0.0600. The average Bonchev–Trinajstić information content (AvgIpc) is 2.16. The SMILES string of the molecule is CC(C)(C)OC(N)=O.CCc1ccc(Br)cn1. The zero-order valence-corrected chi connectivity index (χ0v) is 12.2. The highest BCUT2D eigenvalue weighted by atomic mass is 79.9. The minimum Gasteiger partial charge on any atom is -0.444 e. The summed E-state index contributed by atoms with van der Waals surface area (Å²) in [6.45, 7) is 7.38. The van der Waals surface area contributed by atoms with Crippen molar-refractivity contribution < 1.29 is 9.53 Å². The molecule has 1 rings (SSSR count). The molecule has 0 saturated carbocycles. The van der Waals surface area contributed by atoms with Crippen molar-refractivity contribution in [2.45, 2.75) is 39.7 Å². The van der Waals surface area contributed by atoms with Crippen LogP contribution in [0.3, 0.4) is 0 Å². The number of carbonyl (C=O) groups excluding carboxylic acids is 1. The van der Waals surface area contributed by atoms with Crippen molar-refractivity contribution in [3.05, 3.63) is 28.5 Å². The molecule has 17 heavy (non-hydrogen) atoms. The third-order valence-corrected chi connectivity index (χ3v) is 2.03. The summed E-state index contributed by atoms with van der Waals surface area (Å²) < 4.78 is 5.62. The molecule has 1 aromatic rings. The van der Waals surface area contributed by atoms with Gasteiger partial charge in [-0.05, 0) is 55.3 Å². The lowest BCUT2D eigenvalue weighted by Gasteiger charge is -2.16. The average molecular weight is 303 g/mol. The van der Waals surface area contributed by atoms with Crippen molar-refractivity contribution in [2.75, 3.05) is 0 Å². The van der Waals surface area contributed by atoms with E-state index in [1.54, 1.807) is 20.8 Å². The van der Waals surface area contributed by atoms with Gasteiger partial charge in [-0.1, -0.05) is 6.92 Å². The van der Waals surface area contributed by atoms with Gasteiger partial charge in [0.1, 0.15) is 5.60 Å². The molecule has 0 unspecified atom stereocenters. The minimum absolute atomic E-state index is 0.453. The zero-order chi connectivity index (χ0) is 13.5. The molecule has 1 heterocycles. The smallest absolute Gasteiger partial charge is 0.405 e. The Morgan fingerprint density at radius 1 is 1.47 bits per heavy atom. The van der Waals surface area contributed by atoms with Gasteiger partial charge in [-0.3, -0.25) is 4.98 Å². The van der Waals surface area contributed by atoms with Crippen LogP contribution in [0.15, 0.2) is 22.8 Å². The second kappa shape index (κ2) is 7.27. The van der Waals surface area contributed by atoms with Gasteiger partial charge < -0.3 is 10.5 Å². The Morgan fingerprint density at radius 2 is 2.06 bits per heavy atom. The topological polar surface area (TPSA) is 65.2 Å². The van der Waals surface area contributed by atoms with Crippen molar-refractivity contribution in [1.82, 2.24) is 4.98 Å². The third-order valence-electron chi connectivity index (χ3n) is 1.56. The molecule has 96 valence electrons. The fourth-order valence-corrected chi connectivity index (χ4v) is 1.15. The number of carbonyl (C=O) groups is 1. The Morgan fingerprint density at radius 3 is 2.29 bits per heavy atom. The van der Waals surface area contributed by atoms with Crippen LogP contribution in [0.2, 0.25) is 0 Å². The second-order valence-electron chi connectivity index (χ2n) is 4.35. The van der Waals surface area contributed by atoms with Gasteiger partial charge in [0.05, 0.1) is 0 Å². The Hall–Kier alpha value is -1.10. The molecule has 0 aromatic carbocycles. The standard InChI is InChI=1S/C7H8BrN.C5H11NO2/c1-2-7-4-3-6(8)5-9-7;1-5(2,3)8-4(6)7/h3-5H,2H2,1H3;1-3H3,(H2,6,7). The third kappa shape index (κ3) is 9.81. The summed E-state index contributed by atoms with van der Waals surface area (Å²) in [7, 11) is 0. The van der Waals surface area contributed by atoms with E-state index >= 15 is 0 Å². The number of ether oxygens (including phenoxy) is 1. The number of pyridine rings is 1. The summed E-state index contributed by atoms with van der Waals surface area (Å²) in [5.74, 6) is 0. The van der Waals surface area contributed by atoms with Gasteiger partial charge in [0, 0.05) is 16.4 Å². The molecule has 0 spiro atoms. The minimum atomic E-state index is -0.725. The lowest BCUT2D eigenvalue weighted by atomic mass is 10.2. The lowest BCUT2D eigenvalue weighted by Crippen LogP contribution is -2.27. The molecule has 0 atom stereocenters. The van der Waals surface area contributed by atoms with Gasteiger partial charge in [-0.25, -0.2) is 4.79 Å². The number of hydrogen-bond acceptors (Lipinski definition) is 3. The van der Waals surface area contributed by atoms with Crippen molar-refractivity contribution in [3.8, 4) is 0 Å². The van der Waals surface area contributed by atoms with Gasteiger partial charge in [-0.2, -0.15) is 0 Å². The summed E-state index contributed by atoms with van der Waals surface area (Å²) in [5, 5.41) is 0. The van der Waals surface area contributed by atoms with E-state index in [1.165, 1.54) is 0 Å². The maximum atomic E-state index is 10.0. The quantitative estimate of drug-likeness (QED) is 0.865.